The summed E-state index contributed by atoms with van der Waals surface area (Å²) in [4.78, 5) is 47.5. The van der Waals surface area contributed by atoms with Crippen LogP contribution < -0.4 is 0 Å². The Morgan fingerprint density at radius 2 is 1.82 bits per heavy atom. The lowest BCUT2D eigenvalue weighted by Crippen LogP contribution is -2.49. The second kappa shape index (κ2) is 13.3. The van der Waals surface area contributed by atoms with Crippen molar-refractivity contribution in [2.24, 2.45) is 23.7 Å². The maximum absolute atomic E-state index is 13.3. The maximum Gasteiger partial charge on any atom is 0.225 e. The Morgan fingerprint density at radius 1 is 1.08 bits per heavy atom. The Bertz CT molecular complexity index is 1160. The third-order valence-corrected chi connectivity index (χ3v) is 9.49. The number of Topliss-reactive ketones (excluding diaryl/α,β-unsaturated/α-hetero) is 2. The number of hydrogen-bond donors (Lipinski definition) is 0. The number of carbonyl (C=O) groups is 3. The van der Waals surface area contributed by atoms with Crippen molar-refractivity contribution in [2.75, 3.05) is 32.7 Å². The molecular formula is C31H42FN3O3S. The van der Waals surface area contributed by atoms with Gasteiger partial charge in [-0.25, -0.2) is 9.37 Å². The van der Waals surface area contributed by atoms with E-state index in [-0.39, 0.29) is 41.5 Å². The van der Waals surface area contributed by atoms with Gasteiger partial charge in [-0.3, -0.25) is 14.4 Å². The van der Waals surface area contributed by atoms with Crippen LogP contribution in [0.4, 0.5) is 4.39 Å². The molecule has 2 fully saturated rings. The van der Waals surface area contributed by atoms with Gasteiger partial charge in [0.25, 0.3) is 0 Å². The van der Waals surface area contributed by atoms with Crippen molar-refractivity contribution < 1.29 is 18.8 Å². The highest BCUT2D eigenvalue weighted by atomic mass is 32.1. The van der Waals surface area contributed by atoms with E-state index in [0.717, 1.165) is 45.4 Å². The normalized spacial score (nSPS) is 22.3. The molecule has 0 aliphatic carbocycles. The third-order valence-electron chi connectivity index (χ3n) is 8.23. The average Bonchev–Trinajstić information content (AvgIpc) is 3.26. The minimum absolute atomic E-state index is 0.0156. The topological polar surface area (TPSA) is 70.6 Å². The number of rotatable bonds is 10. The molecule has 2 aliphatic heterocycles. The minimum atomic E-state index is -0.198. The first-order valence-corrected chi connectivity index (χ1v) is 15.1. The van der Waals surface area contributed by atoms with Crippen LogP contribution >= 0.6 is 11.3 Å². The van der Waals surface area contributed by atoms with Gasteiger partial charge in [0.05, 0.1) is 17.0 Å². The van der Waals surface area contributed by atoms with Crippen LogP contribution in [-0.4, -0.2) is 65.0 Å². The van der Waals surface area contributed by atoms with E-state index in [4.69, 9.17) is 0 Å². The second-order valence-corrected chi connectivity index (χ2v) is 12.9. The fraction of sp³-hybridized carbons (Fsp3) is 0.613. The monoisotopic (exact) mass is 555 g/mol. The standard InChI is InChI=1S/C31H42FN3O3S/c1-20(2)31(38)35-13-11-25(18-34-12-5-6-24(17-34)14-23-7-9-27(32)10-8-23)26(19-35)15-28(37)16-29-33-21(3)30(39-29)22(4)36/h7-10,20,24-26H,5-6,11-19H2,1-4H3/t24-,25-,26+/m0/s1. The van der Waals surface area contributed by atoms with E-state index >= 15 is 0 Å². The first kappa shape index (κ1) is 29.5. The van der Waals surface area contributed by atoms with Crippen molar-refractivity contribution in [1.29, 1.82) is 0 Å². The number of likely N-dealkylation sites (tertiary alicyclic amines) is 2. The first-order valence-electron chi connectivity index (χ1n) is 14.3. The van der Waals surface area contributed by atoms with Gasteiger partial charge in [-0.05, 0) is 74.6 Å². The number of ketones is 2. The summed E-state index contributed by atoms with van der Waals surface area (Å²) in [6.07, 6.45) is 4.83. The first-order chi connectivity index (χ1) is 18.6. The summed E-state index contributed by atoms with van der Waals surface area (Å²) in [5.41, 5.74) is 1.87. The molecule has 0 spiro atoms. The molecule has 2 aromatic rings. The number of piperidine rings is 2. The highest BCUT2D eigenvalue weighted by Gasteiger charge is 2.35. The number of amides is 1. The van der Waals surface area contributed by atoms with Crippen LogP contribution in [0.2, 0.25) is 0 Å². The molecule has 3 heterocycles. The molecule has 6 nitrogen and oxygen atoms in total. The molecule has 2 saturated heterocycles. The SMILES string of the molecule is CC(=O)c1sc(CC(=O)C[C@@H]2CN(C(=O)C(C)C)CC[C@H]2CN2CCC[C@@H](Cc3ccc(F)cc3)C2)nc1C. The number of halogens is 1. The molecule has 1 aromatic heterocycles. The predicted octanol–water partition coefficient (Wildman–Crippen LogP) is 5.37. The van der Waals surface area contributed by atoms with Crippen LogP contribution in [0.1, 0.15) is 72.4 Å². The molecule has 0 N–H and O–H groups in total. The second-order valence-electron chi connectivity index (χ2n) is 11.8. The van der Waals surface area contributed by atoms with Crippen LogP contribution in [0, 0.1) is 36.4 Å². The summed E-state index contributed by atoms with van der Waals surface area (Å²) in [6.45, 7) is 11.6. The van der Waals surface area contributed by atoms with E-state index < -0.39 is 0 Å². The molecule has 0 unspecified atom stereocenters. The maximum atomic E-state index is 13.3. The van der Waals surface area contributed by atoms with Crippen molar-refractivity contribution in [3.05, 3.63) is 51.2 Å². The average molecular weight is 556 g/mol. The van der Waals surface area contributed by atoms with E-state index in [1.54, 1.807) is 0 Å². The van der Waals surface area contributed by atoms with Crippen molar-refractivity contribution in [2.45, 2.75) is 66.2 Å². The number of carbonyl (C=O) groups excluding carboxylic acids is 3. The third kappa shape index (κ3) is 8.04. The summed E-state index contributed by atoms with van der Waals surface area (Å²) in [6, 6.07) is 6.86. The molecule has 4 rings (SSSR count). The van der Waals surface area contributed by atoms with Crippen LogP contribution in [0.25, 0.3) is 0 Å². The van der Waals surface area contributed by atoms with Gasteiger partial charge < -0.3 is 9.80 Å². The zero-order chi connectivity index (χ0) is 28.1. The van der Waals surface area contributed by atoms with Gasteiger partial charge >= 0.3 is 0 Å². The Balaban J connectivity index is 1.40. The Kier molecular flexibility index (Phi) is 10.0. The number of nitrogens with zero attached hydrogens (tertiary/aromatic N) is 3. The molecular weight excluding hydrogens is 513 g/mol. The minimum Gasteiger partial charge on any atom is -0.342 e. The molecule has 1 aromatic carbocycles. The number of thiazole rings is 1. The predicted molar refractivity (Wildman–Crippen MR) is 152 cm³/mol. The van der Waals surface area contributed by atoms with Crippen molar-refractivity contribution >= 4 is 28.8 Å². The molecule has 0 saturated carbocycles. The van der Waals surface area contributed by atoms with Crippen molar-refractivity contribution in [1.82, 2.24) is 14.8 Å². The Labute approximate surface area is 236 Å². The van der Waals surface area contributed by atoms with Crippen LogP contribution in [0.5, 0.6) is 0 Å². The molecule has 1 amide bonds. The quantitative estimate of drug-likeness (QED) is 0.369. The molecule has 8 heteroatoms. The summed E-state index contributed by atoms with van der Waals surface area (Å²) in [7, 11) is 0. The van der Waals surface area contributed by atoms with E-state index in [9.17, 15) is 18.8 Å². The van der Waals surface area contributed by atoms with Gasteiger partial charge in [0.1, 0.15) is 16.6 Å². The summed E-state index contributed by atoms with van der Waals surface area (Å²) < 4.78 is 13.3. The zero-order valence-corrected chi connectivity index (χ0v) is 24.6. The highest BCUT2D eigenvalue weighted by Crippen LogP contribution is 2.31. The summed E-state index contributed by atoms with van der Waals surface area (Å²) >= 11 is 1.32. The van der Waals surface area contributed by atoms with Crippen LogP contribution in [-0.2, 0) is 22.4 Å². The van der Waals surface area contributed by atoms with E-state index in [2.05, 4.69) is 9.88 Å². The van der Waals surface area contributed by atoms with E-state index in [0.29, 0.717) is 40.4 Å². The Hall–Kier alpha value is -2.45. The lowest BCUT2D eigenvalue weighted by Gasteiger charge is -2.42. The lowest BCUT2D eigenvalue weighted by atomic mass is 9.80. The molecule has 0 bridgehead atoms. The van der Waals surface area contributed by atoms with Crippen molar-refractivity contribution in [3.8, 4) is 0 Å². The largest absolute Gasteiger partial charge is 0.342 e. The summed E-state index contributed by atoms with van der Waals surface area (Å²) in [5, 5.41) is 0.699. The van der Waals surface area contributed by atoms with Gasteiger partial charge in [0.15, 0.2) is 5.78 Å². The van der Waals surface area contributed by atoms with Crippen LogP contribution in [0.15, 0.2) is 24.3 Å². The van der Waals surface area contributed by atoms with Gasteiger partial charge in [0, 0.05) is 45.4 Å². The van der Waals surface area contributed by atoms with Crippen molar-refractivity contribution in [3.63, 3.8) is 0 Å². The van der Waals surface area contributed by atoms with Gasteiger partial charge in [0.2, 0.25) is 5.91 Å². The molecule has 212 valence electrons. The fourth-order valence-corrected chi connectivity index (χ4v) is 7.26. The van der Waals surface area contributed by atoms with Gasteiger partial charge in [-0.15, -0.1) is 11.3 Å². The number of benzene rings is 1. The molecule has 3 atom stereocenters. The smallest absolute Gasteiger partial charge is 0.225 e. The van der Waals surface area contributed by atoms with E-state index in [1.807, 2.05) is 37.8 Å². The molecule has 2 aliphatic rings. The highest BCUT2D eigenvalue weighted by molar-refractivity contribution is 7.13. The van der Waals surface area contributed by atoms with Crippen LogP contribution in [0.3, 0.4) is 0 Å². The number of aromatic nitrogens is 1. The number of aryl methyl sites for hydroxylation is 1. The molecule has 39 heavy (non-hydrogen) atoms. The van der Waals surface area contributed by atoms with Gasteiger partial charge in [-0.2, -0.15) is 0 Å². The Morgan fingerprint density at radius 3 is 2.49 bits per heavy atom. The summed E-state index contributed by atoms with van der Waals surface area (Å²) in [5.74, 6) is 1.01. The number of hydrogen-bond acceptors (Lipinski definition) is 6. The zero-order valence-electron chi connectivity index (χ0n) is 23.7. The molecule has 0 radical (unpaired) electrons. The lowest BCUT2D eigenvalue weighted by molar-refractivity contribution is -0.138. The van der Waals surface area contributed by atoms with Gasteiger partial charge in [-0.1, -0.05) is 26.0 Å². The van der Waals surface area contributed by atoms with E-state index in [1.165, 1.54) is 42.4 Å². The fourth-order valence-electron chi connectivity index (χ4n) is 6.27.